The molecule has 5 nitrogen and oxygen atoms in total. The van der Waals surface area contributed by atoms with Gasteiger partial charge in [0.05, 0.1) is 12.6 Å². The van der Waals surface area contributed by atoms with Gasteiger partial charge in [-0.15, -0.1) is 0 Å². The van der Waals surface area contributed by atoms with Crippen LogP contribution >= 0.6 is 0 Å². The Morgan fingerprint density at radius 3 is 2.55 bits per heavy atom. The van der Waals surface area contributed by atoms with E-state index in [1.807, 2.05) is 0 Å². The van der Waals surface area contributed by atoms with Crippen LogP contribution in [0.3, 0.4) is 0 Å². The van der Waals surface area contributed by atoms with Crippen LogP contribution in [-0.4, -0.2) is 30.8 Å². The lowest BCUT2D eigenvalue weighted by molar-refractivity contribution is -0.307. The van der Waals surface area contributed by atoms with Gasteiger partial charge in [-0.1, -0.05) is 0 Å². The van der Waals surface area contributed by atoms with Crippen LogP contribution in [0, 0.1) is 0 Å². The van der Waals surface area contributed by atoms with Gasteiger partial charge in [0.15, 0.2) is 6.10 Å². The summed E-state index contributed by atoms with van der Waals surface area (Å²) in [6.07, 6.45) is -2.05. The third-order valence-electron chi connectivity index (χ3n) is 1.24. The Kier molecular flexibility index (Phi) is 2.09. The van der Waals surface area contributed by atoms with Crippen molar-refractivity contribution in [3.05, 3.63) is 0 Å². The van der Waals surface area contributed by atoms with Gasteiger partial charge in [-0.05, 0) is 6.92 Å². The second-order valence-electron chi connectivity index (χ2n) is 2.05. The van der Waals surface area contributed by atoms with Crippen molar-refractivity contribution in [2.45, 2.75) is 19.1 Å². The summed E-state index contributed by atoms with van der Waals surface area (Å²) in [5.41, 5.74) is 0. The van der Waals surface area contributed by atoms with Crippen molar-refractivity contribution >= 4 is 11.9 Å². The highest BCUT2D eigenvalue weighted by Gasteiger charge is 2.47. The molecule has 0 unspecified atom stereocenters. The Hall–Kier alpha value is -1.10. The SMILES string of the molecule is CCOC(=O)[C@H]1O[C@@H]1C(=O)[O-]. The Morgan fingerprint density at radius 2 is 2.18 bits per heavy atom. The fourth-order valence-electron chi connectivity index (χ4n) is 0.695. The van der Waals surface area contributed by atoms with E-state index in [2.05, 4.69) is 9.47 Å². The lowest BCUT2D eigenvalue weighted by atomic mass is 10.3. The van der Waals surface area contributed by atoms with E-state index < -0.39 is 24.1 Å². The minimum atomic E-state index is -1.37. The molecule has 0 aliphatic carbocycles. The van der Waals surface area contributed by atoms with E-state index in [0.717, 1.165) is 0 Å². The second-order valence-corrected chi connectivity index (χ2v) is 2.05. The fraction of sp³-hybridized carbons (Fsp3) is 0.667. The zero-order valence-corrected chi connectivity index (χ0v) is 5.90. The molecule has 5 heteroatoms. The minimum absolute atomic E-state index is 0.221. The van der Waals surface area contributed by atoms with Crippen LogP contribution in [0.5, 0.6) is 0 Å². The van der Waals surface area contributed by atoms with Crippen molar-refractivity contribution in [3.63, 3.8) is 0 Å². The summed E-state index contributed by atoms with van der Waals surface area (Å²) in [7, 11) is 0. The Morgan fingerprint density at radius 1 is 1.55 bits per heavy atom. The van der Waals surface area contributed by atoms with Gasteiger partial charge >= 0.3 is 5.97 Å². The average molecular weight is 159 g/mol. The molecule has 11 heavy (non-hydrogen) atoms. The van der Waals surface area contributed by atoms with Gasteiger partial charge in [0.25, 0.3) is 0 Å². The highest BCUT2D eigenvalue weighted by molar-refractivity contribution is 5.88. The number of aliphatic carboxylic acids is 1. The smallest absolute Gasteiger partial charge is 0.338 e. The third-order valence-corrected chi connectivity index (χ3v) is 1.24. The Balaban J connectivity index is 2.32. The molecule has 1 aliphatic heterocycles. The van der Waals surface area contributed by atoms with Gasteiger partial charge < -0.3 is 19.4 Å². The molecule has 0 amide bonds. The van der Waals surface area contributed by atoms with Crippen molar-refractivity contribution in [3.8, 4) is 0 Å². The average Bonchev–Trinajstić information content (AvgIpc) is 2.65. The third kappa shape index (κ3) is 1.68. The van der Waals surface area contributed by atoms with Crippen molar-refractivity contribution in [1.82, 2.24) is 0 Å². The number of rotatable bonds is 3. The summed E-state index contributed by atoms with van der Waals surface area (Å²) in [4.78, 5) is 20.7. The minimum Gasteiger partial charge on any atom is -0.547 e. The molecule has 0 N–H and O–H groups in total. The Bertz CT molecular complexity index is 187. The molecular formula is C6H7O5-. The molecule has 0 saturated carbocycles. The first-order valence-corrected chi connectivity index (χ1v) is 3.19. The van der Waals surface area contributed by atoms with E-state index in [0.29, 0.717) is 0 Å². The molecule has 1 aliphatic rings. The van der Waals surface area contributed by atoms with E-state index in [1.165, 1.54) is 0 Å². The molecule has 1 rings (SSSR count). The molecule has 1 fully saturated rings. The summed E-state index contributed by atoms with van der Waals surface area (Å²) in [6.45, 7) is 1.85. The molecule has 0 spiro atoms. The number of esters is 1. The van der Waals surface area contributed by atoms with Crippen LogP contribution in [0.2, 0.25) is 0 Å². The zero-order valence-electron chi connectivity index (χ0n) is 5.90. The van der Waals surface area contributed by atoms with Crippen LogP contribution in [0.15, 0.2) is 0 Å². The first kappa shape index (κ1) is 8.00. The second kappa shape index (κ2) is 2.87. The fourth-order valence-corrected chi connectivity index (χ4v) is 0.695. The molecule has 0 aromatic carbocycles. The first-order valence-electron chi connectivity index (χ1n) is 3.19. The van der Waals surface area contributed by atoms with Gasteiger partial charge in [-0.2, -0.15) is 0 Å². The van der Waals surface area contributed by atoms with Gasteiger partial charge in [0.2, 0.25) is 0 Å². The topological polar surface area (TPSA) is 79.0 Å². The first-order chi connectivity index (χ1) is 5.16. The number of hydrogen-bond donors (Lipinski definition) is 0. The molecular weight excluding hydrogens is 152 g/mol. The molecule has 2 atom stereocenters. The molecule has 1 saturated heterocycles. The van der Waals surface area contributed by atoms with Gasteiger partial charge in [0.1, 0.15) is 6.10 Å². The van der Waals surface area contributed by atoms with Crippen LogP contribution in [0.25, 0.3) is 0 Å². The summed E-state index contributed by atoms with van der Waals surface area (Å²) in [6, 6.07) is 0. The quantitative estimate of drug-likeness (QED) is 0.354. The lowest BCUT2D eigenvalue weighted by Gasteiger charge is -1.96. The van der Waals surface area contributed by atoms with Crippen molar-refractivity contribution in [2.24, 2.45) is 0 Å². The largest absolute Gasteiger partial charge is 0.547 e. The van der Waals surface area contributed by atoms with Crippen LogP contribution in [-0.2, 0) is 19.1 Å². The number of ether oxygens (including phenoxy) is 2. The van der Waals surface area contributed by atoms with Crippen molar-refractivity contribution in [1.29, 1.82) is 0 Å². The van der Waals surface area contributed by atoms with E-state index in [9.17, 15) is 14.7 Å². The number of hydrogen-bond acceptors (Lipinski definition) is 5. The summed E-state index contributed by atoms with van der Waals surface area (Å²) < 4.78 is 8.95. The number of carbonyl (C=O) groups excluding carboxylic acids is 2. The monoisotopic (exact) mass is 159 g/mol. The van der Waals surface area contributed by atoms with E-state index in [4.69, 9.17) is 0 Å². The molecule has 0 aromatic heterocycles. The molecule has 0 bridgehead atoms. The van der Waals surface area contributed by atoms with Gasteiger partial charge in [-0.25, -0.2) is 4.79 Å². The maximum atomic E-state index is 10.7. The van der Waals surface area contributed by atoms with Crippen LogP contribution < -0.4 is 5.11 Å². The lowest BCUT2D eigenvalue weighted by Crippen LogP contribution is -2.31. The molecule has 62 valence electrons. The number of epoxide rings is 1. The molecule has 1 heterocycles. The predicted octanol–water partition coefficient (Wildman–Crippen LogP) is -1.93. The maximum Gasteiger partial charge on any atom is 0.338 e. The Labute approximate surface area is 62.9 Å². The standard InChI is InChI=1S/C6H8O5/c1-2-10-6(9)4-3(11-4)5(7)8/h3-4H,2H2,1H3,(H,7,8)/p-1/t3-,4-/m0/s1. The molecule has 0 radical (unpaired) electrons. The van der Waals surface area contributed by atoms with E-state index in [-0.39, 0.29) is 6.61 Å². The van der Waals surface area contributed by atoms with Crippen LogP contribution in [0.1, 0.15) is 6.92 Å². The summed E-state index contributed by atoms with van der Waals surface area (Å²) in [5, 5.41) is 10.0. The molecule has 0 aromatic rings. The number of carbonyl (C=O) groups is 2. The summed E-state index contributed by atoms with van der Waals surface area (Å²) in [5.74, 6) is -2.01. The van der Waals surface area contributed by atoms with Crippen molar-refractivity contribution < 1.29 is 24.2 Å². The van der Waals surface area contributed by atoms with Crippen LogP contribution in [0.4, 0.5) is 0 Å². The predicted molar refractivity (Wildman–Crippen MR) is 30.3 cm³/mol. The zero-order chi connectivity index (χ0) is 8.43. The van der Waals surface area contributed by atoms with Gasteiger partial charge in [-0.3, -0.25) is 0 Å². The van der Waals surface area contributed by atoms with Gasteiger partial charge in [0, 0.05) is 0 Å². The van der Waals surface area contributed by atoms with Crippen molar-refractivity contribution in [2.75, 3.05) is 6.61 Å². The highest BCUT2D eigenvalue weighted by Crippen LogP contribution is 2.22. The number of carboxylic acid groups (broad SMARTS) is 1. The number of carboxylic acids is 1. The summed E-state index contributed by atoms with van der Waals surface area (Å²) >= 11 is 0. The highest BCUT2D eigenvalue weighted by atomic mass is 16.7. The van der Waals surface area contributed by atoms with E-state index in [1.54, 1.807) is 6.92 Å². The van der Waals surface area contributed by atoms with E-state index >= 15 is 0 Å². The maximum absolute atomic E-state index is 10.7. The normalized spacial score (nSPS) is 27.7.